The molecule has 2 heteroatoms. The summed E-state index contributed by atoms with van der Waals surface area (Å²) in [5.74, 6) is 0. The van der Waals surface area contributed by atoms with E-state index >= 15 is 0 Å². The van der Waals surface area contributed by atoms with Gasteiger partial charge in [0.1, 0.15) is 0 Å². The maximum Gasteiger partial charge on any atom is 0.0687 e. The lowest BCUT2D eigenvalue weighted by molar-refractivity contribution is 1.20. The minimum Gasteiger partial charge on any atom is -0.300 e. The van der Waals surface area contributed by atoms with E-state index in [1.165, 1.54) is 27.5 Å². The molecule has 0 saturated heterocycles. The first-order valence-corrected chi connectivity index (χ1v) is 8.93. The van der Waals surface area contributed by atoms with Gasteiger partial charge >= 0.3 is 0 Å². The molecule has 1 nitrogen and oxygen atoms in total. The van der Waals surface area contributed by atoms with Gasteiger partial charge in [0.15, 0.2) is 0 Å². The Hall–Kier alpha value is -2.90. The first-order chi connectivity index (χ1) is 12.7. The van der Waals surface area contributed by atoms with Gasteiger partial charge in [0.2, 0.25) is 0 Å². The van der Waals surface area contributed by atoms with Crippen LogP contribution in [0.3, 0.4) is 0 Å². The van der Waals surface area contributed by atoms with Gasteiger partial charge in [-0.05, 0) is 35.2 Å². The topological polar surface area (TPSA) is 23.9 Å². The van der Waals surface area contributed by atoms with E-state index in [1.54, 1.807) is 0 Å². The van der Waals surface area contributed by atoms with Crippen molar-refractivity contribution < 1.29 is 0 Å². The Morgan fingerprint density at radius 1 is 0.704 bits per heavy atom. The van der Waals surface area contributed by atoms with Gasteiger partial charge in [-0.15, -0.1) is 12.4 Å². The predicted octanol–water partition coefficient (Wildman–Crippen LogP) is 6.58. The number of halogens is 1. The zero-order chi connectivity index (χ0) is 17.9. The fourth-order valence-corrected chi connectivity index (χ4v) is 3.45. The van der Waals surface area contributed by atoms with E-state index in [1.807, 2.05) is 18.2 Å². The van der Waals surface area contributed by atoms with Crippen LogP contribution >= 0.6 is 12.4 Å². The largest absolute Gasteiger partial charge is 0.300 e. The predicted molar refractivity (Wildman–Crippen MR) is 118 cm³/mol. The molecule has 0 heterocycles. The van der Waals surface area contributed by atoms with Crippen molar-refractivity contribution in [2.45, 2.75) is 13.3 Å². The summed E-state index contributed by atoms with van der Waals surface area (Å²) in [6, 6.07) is 31.4. The van der Waals surface area contributed by atoms with E-state index in [9.17, 15) is 0 Å². The average molecular weight is 372 g/mol. The maximum absolute atomic E-state index is 8.71. The highest BCUT2D eigenvalue weighted by Crippen LogP contribution is 2.24. The Morgan fingerprint density at radius 2 is 1.33 bits per heavy atom. The van der Waals surface area contributed by atoms with Crippen LogP contribution in [-0.4, -0.2) is 5.71 Å². The molecule has 4 rings (SSSR count). The smallest absolute Gasteiger partial charge is 0.0687 e. The highest BCUT2D eigenvalue weighted by Gasteiger charge is 2.11. The van der Waals surface area contributed by atoms with E-state index in [4.69, 9.17) is 5.41 Å². The molecule has 0 spiro atoms. The number of hydrogen-bond acceptors (Lipinski definition) is 1. The van der Waals surface area contributed by atoms with E-state index in [-0.39, 0.29) is 12.4 Å². The normalized spacial score (nSPS) is 10.4. The third kappa shape index (κ3) is 3.94. The second-order valence-electron chi connectivity index (χ2n) is 6.71. The van der Waals surface area contributed by atoms with Crippen LogP contribution in [0.2, 0.25) is 0 Å². The zero-order valence-electron chi connectivity index (χ0n) is 15.3. The number of hydrogen-bond donors (Lipinski definition) is 1. The molecule has 0 aliphatic heterocycles. The van der Waals surface area contributed by atoms with Gasteiger partial charge in [0.25, 0.3) is 0 Å². The van der Waals surface area contributed by atoms with Crippen LogP contribution < -0.4 is 0 Å². The summed E-state index contributed by atoms with van der Waals surface area (Å²) in [5.41, 5.74) is 6.25. The van der Waals surface area contributed by atoms with Gasteiger partial charge in [-0.2, -0.15) is 0 Å². The summed E-state index contributed by atoms with van der Waals surface area (Å²) in [6.07, 6.45) is 0.825. The molecule has 0 atom stereocenters. The van der Waals surface area contributed by atoms with Crippen LogP contribution in [-0.2, 0) is 6.42 Å². The summed E-state index contributed by atoms with van der Waals surface area (Å²) in [7, 11) is 0. The number of nitrogens with one attached hydrogen (secondary N) is 1. The standard InChI is InChI=1S/C25H21N.ClH/c1-18-13-15-20(16-14-18)25(26)24-12-5-3-8-22(24)17-21-10-6-9-19-7-2-4-11-23(19)21;/h2-16,26H,17H2,1H3;1H. The van der Waals surface area contributed by atoms with Crippen molar-refractivity contribution in [1.82, 2.24) is 0 Å². The van der Waals surface area contributed by atoms with Crippen molar-refractivity contribution in [1.29, 1.82) is 5.41 Å². The van der Waals surface area contributed by atoms with Gasteiger partial charge in [0, 0.05) is 11.1 Å². The molecule has 0 aliphatic carbocycles. The number of rotatable bonds is 4. The lowest BCUT2D eigenvalue weighted by Crippen LogP contribution is -2.06. The Kier molecular flexibility index (Phi) is 5.73. The molecular weight excluding hydrogens is 350 g/mol. The lowest BCUT2D eigenvalue weighted by atomic mass is 9.92. The lowest BCUT2D eigenvalue weighted by Gasteiger charge is -2.13. The van der Waals surface area contributed by atoms with E-state index in [0.717, 1.165) is 17.5 Å². The molecule has 0 bridgehead atoms. The quantitative estimate of drug-likeness (QED) is 0.392. The van der Waals surface area contributed by atoms with Crippen LogP contribution in [0.4, 0.5) is 0 Å². The molecule has 4 aromatic rings. The minimum absolute atomic E-state index is 0. The van der Waals surface area contributed by atoms with Crippen LogP contribution in [0.1, 0.15) is 27.8 Å². The van der Waals surface area contributed by atoms with Gasteiger partial charge in [-0.1, -0.05) is 96.6 Å². The third-order valence-electron chi connectivity index (χ3n) is 4.89. The van der Waals surface area contributed by atoms with Crippen molar-refractivity contribution in [3.05, 3.63) is 119 Å². The number of benzene rings is 4. The molecule has 0 saturated carbocycles. The molecule has 0 aliphatic rings. The summed E-state index contributed by atoms with van der Waals surface area (Å²) in [5, 5.41) is 11.3. The van der Waals surface area contributed by atoms with Crippen molar-refractivity contribution in [2.75, 3.05) is 0 Å². The highest BCUT2D eigenvalue weighted by molar-refractivity contribution is 6.11. The molecule has 0 fully saturated rings. The van der Waals surface area contributed by atoms with E-state index in [2.05, 4.69) is 79.7 Å². The molecule has 1 N–H and O–H groups in total. The van der Waals surface area contributed by atoms with Crippen LogP contribution in [0.25, 0.3) is 10.8 Å². The summed E-state index contributed by atoms with van der Waals surface area (Å²) in [4.78, 5) is 0. The van der Waals surface area contributed by atoms with Crippen LogP contribution in [0, 0.1) is 12.3 Å². The Balaban J connectivity index is 0.00000210. The summed E-state index contributed by atoms with van der Waals surface area (Å²) < 4.78 is 0. The van der Waals surface area contributed by atoms with Crippen molar-refractivity contribution in [3.8, 4) is 0 Å². The molecule has 0 aromatic heterocycles. The van der Waals surface area contributed by atoms with Crippen molar-refractivity contribution in [3.63, 3.8) is 0 Å². The fraction of sp³-hybridized carbons (Fsp3) is 0.0800. The number of fused-ring (bicyclic) bond motifs is 1. The SMILES string of the molecule is Cc1ccc(C(=N)c2ccccc2Cc2cccc3ccccc23)cc1.Cl. The second-order valence-corrected chi connectivity index (χ2v) is 6.71. The minimum atomic E-state index is 0. The van der Waals surface area contributed by atoms with Gasteiger partial charge < -0.3 is 0 Å². The first kappa shape index (κ1) is 18.9. The molecule has 0 amide bonds. The molecule has 4 aromatic carbocycles. The molecular formula is C25H22ClN. The molecule has 134 valence electrons. The zero-order valence-corrected chi connectivity index (χ0v) is 16.1. The first-order valence-electron chi connectivity index (χ1n) is 8.93. The molecule has 0 unspecified atom stereocenters. The van der Waals surface area contributed by atoms with Crippen LogP contribution in [0.5, 0.6) is 0 Å². The van der Waals surface area contributed by atoms with Crippen LogP contribution in [0.15, 0.2) is 91.0 Å². The maximum atomic E-state index is 8.71. The van der Waals surface area contributed by atoms with E-state index < -0.39 is 0 Å². The third-order valence-corrected chi connectivity index (χ3v) is 4.89. The Morgan fingerprint density at radius 3 is 2.15 bits per heavy atom. The average Bonchev–Trinajstić information content (AvgIpc) is 2.69. The molecule has 0 radical (unpaired) electrons. The second kappa shape index (κ2) is 8.20. The highest BCUT2D eigenvalue weighted by atomic mass is 35.5. The van der Waals surface area contributed by atoms with Crippen molar-refractivity contribution in [2.24, 2.45) is 0 Å². The molecule has 27 heavy (non-hydrogen) atoms. The number of aryl methyl sites for hydroxylation is 1. The van der Waals surface area contributed by atoms with Gasteiger partial charge in [-0.25, -0.2) is 0 Å². The summed E-state index contributed by atoms with van der Waals surface area (Å²) in [6.45, 7) is 2.07. The monoisotopic (exact) mass is 371 g/mol. The summed E-state index contributed by atoms with van der Waals surface area (Å²) >= 11 is 0. The Labute approximate surface area is 166 Å². The van der Waals surface area contributed by atoms with Gasteiger partial charge in [-0.3, -0.25) is 5.41 Å². The fourth-order valence-electron chi connectivity index (χ4n) is 3.45. The van der Waals surface area contributed by atoms with E-state index in [0.29, 0.717) is 5.71 Å². The van der Waals surface area contributed by atoms with Gasteiger partial charge in [0.05, 0.1) is 5.71 Å². The Bertz CT molecular complexity index is 1080. The van der Waals surface area contributed by atoms with Crippen molar-refractivity contribution >= 4 is 28.9 Å².